The molecule has 1 amide bonds. The number of nitrogens with zero attached hydrogens (tertiary/aromatic N) is 1. The van der Waals surface area contributed by atoms with E-state index in [0.717, 1.165) is 43.9 Å². The highest BCUT2D eigenvalue weighted by atomic mass is 79.9. The van der Waals surface area contributed by atoms with E-state index in [0.29, 0.717) is 12.2 Å². The third-order valence-electron chi connectivity index (χ3n) is 5.24. The molecule has 0 bridgehead atoms. The molecule has 4 heteroatoms. The molecule has 1 heterocycles. The van der Waals surface area contributed by atoms with Gasteiger partial charge in [0.25, 0.3) is 5.91 Å². The lowest BCUT2D eigenvalue weighted by molar-refractivity contribution is -0.113. The molecule has 3 aromatic carbocycles. The summed E-state index contributed by atoms with van der Waals surface area (Å²) in [5, 5.41) is 0. The third-order valence-corrected chi connectivity index (χ3v) is 5.86. The first kappa shape index (κ1) is 21.1. The number of benzene rings is 3. The van der Waals surface area contributed by atoms with Gasteiger partial charge in [0, 0.05) is 5.57 Å². The van der Waals surface area contributed by atoms with Crippen LogP contribution in [-0.2, 0) is 4.79 Å². The molecule has 1 aliphatic rings. The highest BCUT2D eigenvalue weighted by Crippen LogP contribution is 2.37. The van der Waals surface area contributed by atoms with E-state index in [1.807, 2.05) is 86.4 Å². The molecule has 0 unspecified atom stereocenters. The number of rotatable bonds is 5. The van der Waals surface area contributed by atoms with Crippen LogP contribution in [0.15, 0.2) is 82.9 Å². The fraction of sp³-hybridized carbons (Fsp3) is 0.148. The third kappa shape index (κ3) is 4.35. The highest BCUT2D eigenvalue weighted by Gasteiger charge is 2.31. The normalized spacial score (nSPS) is 14.8. The van der Waals surface area contributed by atoms with Gasteiger partial charge in [-0.2, -0.15) is 0 Å². The van der Waals surface area contributed by atoms with Crippen molar-refractivity contribution in [2.45, 2.75) is 20.8 Å². The summed E-state index contributed by atoms with van der Waals surface area (Å²) in [6, 6.07) is 22.1. The van der Waals surface area contributed by atoms with E-state index in [9.17, 15) is 4.79 Å². The summed E-state index contributed by atoms with van der Waals surface area (Å²) in [7, 11) is 0. The van der Waals surface area contributed by atoms with Gasteiger partial charge in [-0.3, -0.25) is 9.69 Å². The van der Waals surface area contributed by atoms with Crippen molar-refractivity contribution in [3.63, 3.8) is 0 Å². The summed E-state index contributed by atoms with van der Waals surface area (Å²) in [5.41, 5.74) is 6.57. The molecule has 3 nitrogen and oxygen atoms in total. The van der Waals surface area contributed by atoms with E-state index in [4.69, 9.17) is 4.74 Å². The smallest absolute Gasteiger partial charge is 0.262 e. The molecule has 0 aliphatic carbocycles. The molecular weight excluding hydrogens is 450 g/mol. The lowest BCUT2D eigenvalue weighted by Crippen LogP contribution is -2.25. The first-order chi connectivity index (χ1) is 15.0. The van der Waals surface area contributed by atoms with Crippen LogP contribution in [0.4, 0.5) is 5.69 Å². The molecule has 1 aliphatic heterocycles. The second-order valence-corrected chi connectivity index (χ2v) is 8.40. The monoisotopic (exact) mass is 473 g/mol. The Hall–Kier alpha value is -3.11. The van der Waals surface area contributed by atoms with Gasteiger partial charge in [-0.25, -0.2) is 0 Å². The maximum atomic E-state index is 13.6. The van der Waals surface area contributed by atoms with Crippen LogP contribution < -0.4 is 9.64 Å². The molecule has 3 aromatic rings. The van der Waals surface area contributed by atoms with Crippen molar-refractivity contribution < 1.29 is 9.53 Å². The molecule has 0 saturated carbocycles. The van der Waals surface area contributed by atoms with E-state index < -0.39 is 0 Å². The van der Waals surface area contributed by atoms with Gasteiger partial charge in [0.1, 0.15) is 5.75 Å². The minimum atomic E-state index is -0.0300. The van der Waals surface area contributed by atoms with Gasteiger partial charge in [0.05, 0.1) is 22.5 Å². The largest absolute Gasteiger partial charge is 0.493 e. The molecule has 0 aromatic heterocycles. The maximum absolute atomic E-state index is 13.6. The Balaban J connectivity index is 1.81. The van der Waals surface area contributed by atoms with Crippen LogP contribution in [-0.4, -0.2) is 12.5 Å². The van der Waals surface area contributed by atoms with Crippen molar-refractivity contribution in [1.29, 1.82) is 0 Å². The number of amides is 1. The first-order valence-electron chi connectivity index (χ1n) is 10.3. The zero-order valence-corrected chi connectivity index (χ0v) is 19.4. The number of aryl methyl sites for hydroxylation is 2. The molecule has 0 saturated heterocycles. The van der Waals surface area contributed by atoms with E-state index in [1.165, 1.54) is 0 Å². The Morgan fingerprint density at radius 2 is 1.77 bits per heavy atom. The molecule has 0 atom stereocenters. The summed E-state index contributed by atoms with van der Waals surface area (Å²) in [4.78, 5) is 15.4. The minimum Gasteiger partial charge on any atom is -0.493 e. The summed E-state index contributed by atoms with van der Waals surface area (Å²) in [5.74, 6) is 0.762. The van der Waals surface area contributed by atoms with Crippen molar-refractivity contribution in [3.8, 4) is 5.75 Å². The Morgan fingerprint density at radius 3 is 2.48 bits per heavy atom. The van der Waals surface area contributed by atoms with Gasteiger partial charge in [-0.15, -0.1) is 0 Å². The number of ether oxygens (including phenoxy) is 1. The fourth-order valence-electron chi connectivity index (χ4n) is 3.70. The van der Waals surface area contributed by atoms with Crippen molar-refractivity contribution in [2.24, 2.45) is 0 Å². The molecule has 0 radical (unpaired) electrons. The molecular formula is C27H24BrNO2. The topological polar surface area (TPSA) is 29.5 Å². The van der Waals surface area contributed by atoms with Crippen molar-refractivity contribution >= 4 is 39.3 Å². The molecule has 0 fully saturated rings. The van der Waals surface area contributed by atoms with Gasteiger partial charge in [-0.1, -0.05) is 48.5 Å². The minimum absolute atomic E-state index is 0.0300. The standard InChI is InChI=1S/C27H24BrNO2/c1-4-31-26-13-12-20(16-23(26)28)15-22-17-25(21-8-6-5-7-9-21)29(27(22)30)24-14-18(2)10-11-19(24)3/h5-17H,4H2,1-3H3/b22-15+. The average molecular weight is 474 g/mol. The van der Waals surface area contributed by atoms with Crippen molar-refractivity contribution in [1.82, 2.24) is 0 Å². The van der Waals surface area contributed by atoms with Crippen LogP contribution >= 0.6 is 15.9 Å². The number of carbonyl (C=O) groups excluding carboxylic acids is 1. The van der Waals surface area contributed by atoms with Crippen LogP contribution in [0.25, 0.3) is 11.8 Å². The average Bonchev–Trinajstić information content (AvgIpc) is 3.08. The molecule has 4 rings (SSSR count). The predicted molar refractivity (Wildman–Crippen MR) is 131 cm³/mol. The maximum Gasteiger partial charge on any atom is 0.262 e. The Labute approximate surface area is 191 Å². The summed E-state index contributed by atoms with van der Waals surface area (Å²) in [6.07, 6.45) is 3.90. The molecule has 156 valence electrons. The van der Waals surface area contributed by atoms with Crippen LogP contribution in [0, 0.1) is 13.8 Å². The van der Waals surface area contributed by atoms with Gasteiger partial charge in [-0.05, 0) is 89.3 Å². The van der Waals surface area contributed by atoms with E-state index in [2.05, 4.69) is 34.1 Å². The van der Waals surface area contributed by atoms with E-state index in [1.54, 1.807) is 0 Å². The molecule has 0 spiro atoms. The first-order valence-corrected chi connectivity index (χ1v) is 11.1. The Morgan fingerprint density at radius 1 is 1.00 bits per heavy atom. The second kappa shape index (κ2) is 8.94. The van der Waals surface area contributed by atoms with Crippen LogP contribution in [0.2, 0.25) is 0 Å². The number of hydrogen-bond acceptors (Lipinski definition) is 2. The molecule has 0 N–H and O–H groups in total. The Kier molecular flexibility index (Phi) is 6.10. The SMILES string of the molecule is CCOc1ccc(/C=C2\C=C(c3ccccc3)N(c3cc(C)ccc3C)C2=O)cc1Br. The summed E-state index contributed by atoms with van der Waals surface area (Å²) >= 11 is 3.56. The van der Waals surface area contributed by atoms with Gasteiger partial charge >= 0.3 is 0 Å². The van der Waals surface area contributed by atoms with Crippen LogP contribution in [0.1, 0.15) is 29.2 Å². The number of carbonyl (C=O) groups is 1. The van der Waals surface area contributed by atoms with Gasteiger partial charge in [0.2, 0.25) is 0 Å². The zero-order valence-electron chi connectivity index (χ0n) is 17.9. The lowest BCUT2D eigenvalue weighted by Gasteiger charge is -2.23. The Bertz CT molecular complexity index is 1200. The van der Waals surface area contributed by atoms with Crippen LogP contribution in [0.5, 0.6) is 5.75 Å². The number of halogens is 1. The van der Waals surface area contributed by atoms with Crippen molar-refractivity contribution in [3.05, 3.63) is 105 Å². The predicted octanol–water partition coefficient (Wildman–Crippen LogP) is 6.94. The zero-order chi connectivity index (χ0) is 22.0. The number of hydrogen-bond donors (Lipinski definition) is 0. The van der Waals surface area contributed by atoms with E-state index >= 15 is 0 Å². The van der Waals surface area contributed by atoms with Crippen LogP contribution in [0.3, 0.4) is 0 Å². The second-order valence-electron chi connectivity index (χ2n) is 7.55. The molecule has 31 heavy (non-hydrogen) atoms. The van der Waals surface area contributed by atoms with Crippen molar-refractivity contribution in [2.75, 3.05) is 11.5 Å². The summed E-state index contributed by atoms with van der Waals surface area (Å²) in [6.45, 7) is 6.64. The fourth-order valence-corrected chi connectivity index (χ4v) is 4.21. The number of anilines is 1. The highest BCUT2D eigenvalue weighted by molar-refractivity contribution is 9.10. The van der Waals surface area contributed by atoms with Gasteiger partial charge < -0.3 is 4.74 Å². The quantitative estimate of drug-likeness (QED) is 0.375. The van der Waals surface area contributed by atoms with E-state index in [-0.39, 0.29) is 5.91 Å². The van der Waals surface area contributed by atoms with Gasteiger partial charge in [0.15, 0.2) is 0 Å². The summed E-state index contributed by atoms with van der Waals surface area (Å²) < 4.78 is 6.47. The lowest BCUT2D eigenvalue weighted by atomic mass is 10.1.